The molecule has 1 aliphatic carbocycles. The number of aldehydes is 1. The normalized spacial score (nSPS) is 17.3. The van der Waals surface area contributed by atoms with E-state index in [1.807, 2.05) is 52.0 Å². The van der Waals surface area contributed by atoms with E-state index in [-0.39, 0.29) is 35.4 Å². The van der Waals surface area contributed by atoms with E-state index in [2.05, 4.69) is 29.6 Å². The Balaban J connectivity index is 1.35. The fourth-order valence-corrected chi connectivity index (χ4v) is 5.30. The predicted molar refractivity (Wildman–Crippen MR) is 156 cm³/mol. The van der Waals surface area contributed by atoms with Crippen LogP contribution in [0.15, 0.2) is 66.1 Å². The number of carbonyl (C=O) groups is 2. The van der Waals surface area contributed by atoms with Gasteiger partial charge in [0.2, 0.25) is 0 Å². The second-order valence-corrected chi connectivity index (χ2v) is 11.5. The highest BCUT2D eigenvalue weighted by Gasteiger charge is 2.52. The molecule has 0 saturated carbocycles. The maximum Gasteiger partial charge on any atom is 0.492 e. The van der Waals surface area contributed by atoms with Crippen molar-refractivity contribution in [3.8, 4) is 16.9 Å². The molecule has 1 fully saturated rings. The summed E-state index contributed by atoms with van der Waals surface area (Å²) in [6.45, 7) is 7.87. The number of halogens is 1. The number of fused-ring (bicyclic) bond motifs is 3. The number of phenols is 1. The van der Waals surface area contributed by atoms with Crippen LogP contribution in [-0.4, -0.2) is 49.0 Å². The Morgan fingerprint density at radius 3 is 2.12 bits per heavy atom. The molecule has 1 aliphatic heterocycles. The first-order valence-electron chi connectivity index (χ1n) is 13.1. The lowest BCUT2D eigenvalue weighted by Gasteiger charge is -2.32. The summed E-state index contributed by atoms with van der Waals surface area (Å²) in [6, 6.07) is 19.2. The van der Waals surface area contributed by atoms with E-state index in [9.17, 15) is 14.7 Å². The first kappa shape index (κ1) is 28.0. The Labute approximate surface area is 239 Å². The van der Waals surface area contributed by atoms with Crippen molar-refractivity contribution in [2.24, 2.45) is 0 Å². The van der Waals surface area contributed by atoms with Gasteiger partial charge < -0.3 is 24.5 Å². The molecule has 0 unspecified atom stereocenters. The molecule has 2 aliphatic rings. The number of alkyl carbamates (subject to hydrolysis) is 1. The van der Waals surface area contributed by atoms with Gasteiger partial charge in [0, 0.05) is 23.0 Å². The van der Waals surface area contributed by atoms with E-state index in [0.717, 1.165) is 22.3 Å². The van der Waals surface area contributed by atoms with Crippen LogP contribution in [0.3, 0.4) is 0 Å². The highest BCUT2D eigenvalue weighted by molar-refractivity contribution is 6.56. The Morgan fingerprint density at radius 2 is 1.55 bits per heavy atom. The van der Waals surface area contributed by atoms with Crippen LogP contribution in [0, 0.1) is 0 Å². The Morgan fingerprint density at radius 1 is 1.00 bits per heavy atom. The first-order chi connectivity index (χ1) is 19.0. The maximum atomic E-state index is 12.9. The molecule has 0 aromatic heterocycles. The number of carbonyl (C=O) groups excluding carboxylic acids is 2. The van der Waals surface area contributed by atoms with Crippen LogP contribution in [0.1, 0.15) is 60.7 Å². The molecule has 0 radical (unpaired) electrons. The van der Waals surface area contributed by atoms with Gasteiger partial charge in [-0.2, -0.15) is 0 Å². The topological polar surface area (TPSA) is 94.1 Å². The van der Waals surface area contributed by atoms with E-state index in [1.54, 1.807) is 6.08 Å². The molecule has 1 amide bonds. The van der Waals surface area contributed by atoms with Crippen LogP contribution < -0.4 is 5.32 Å². The highest BCUT2D eigenvalue weighted by atomic mass is 35.5. The molecule has 1 heterocycles. The molecule has 0 spiro atoms. The van der Waals surface area contributed by atoms with Gasteiger partial charge in [-0.1, -0.05) is 66.2 Å². The standard InChI is InChI=1S/C31H31BClNO6/c1-30(2)31(3,4)40-32(39-30)21(13-19-14-22(33)15-20(17-35)28(19)36)16-34-29(37)38-18-27-25-11-7-5-9-23(25)24-10-6-8-12-26(24)27/h5-15,17,27,36H,16,18H2,1-4H3,(H,34,37). The zero-order chi connectivity index (χ0) is 28.7. The van der Waals surface area contributed by atoms with Gasteiger partial charge in [0.1, 0.15) is 12.4 Å². The van der Waals surface area contributed by atoms with Gasteiger partial charge in [0.05, 0.1) is 16.8 Å². The molecular formula is C31H31BClNO6. The first-order valence-corrected chi connectivity index (χ1v) is 13.5. The number of nitrogens with one attached hydrogen (secondary N) is 1. The molecule has 40 heavy (non-hydrogen) atoms. The summed E-state index contributed by atoms with van der Waals surface area (Å²) in [5, 5.41) is 13.7. The minimum atomic E-state index is -0.822. The quantitative estimate of drug-likeness (QED) is 0.257. The zero-order valence-corrected chi connectivity index (χ0v) is 23.6. The molecule has 3 aromatic carbocycles. The van der Waals surface area contributed by atoms with E-state index in [0.29, 0.717) is 17.3 Å². The van der Waals surface area contributed by atoms with Gasteiger partial charge in [0.15, 0.2) is 6.29 Å². The molecule has 3 aromatic rings. The minimum Gasteiger partial charge on any atom is -0.507 e. The third-order valence-electron chi connectivity index (χ3n) is 7.94. The van der Waals surface area contributed by atoms with Gasteiger partial charge in [-0.15, -0.1) is 0 Å². The highest BCUT2D eigenvalue weighted by Crippen LogP contribution is 2.44. The number of amides is 1. The summed E-state index contributed by atoms with van der Waals surface area (Å²) in [5.41, 5.74) is 4.14. The molecule has 1 saturated heterocycles. The number of hydrogen-bond donors (Lipinski definition) is 2. The van der Waals surface area contributed by atoms with Crippen molar-refractivity contribution >= 4 is 37.2 Å². The second kappa shape index (κ2) is 10.8. The molecule has 0 atom stereocenters. The number of rotatable bonds is 7. The van der Waals surface area contributed by atoms with E-state index in [1.165, 1.54) is 12.1 Å². The number of aromatic hydroxyl groups is 1. The number of benzene rings is 3. The summed E-state index contributed by atoms with van der Waals surface area (Å²) in [4.78, 5) is 24.3. The average molecular weight is 560 g/mol. The summed E-state index contributed by atoms with van der Waals surface area (Å²) in [7, 11) is -0.822. The van der Waals surface area contributed by atoms with Crippen LogP contribution in [-0.2, 0) is 14.0 Å². The van der Waals surface area contributed by atoms with Crippen LogP contribution in [0.4, 0.5) is 4.79 Å². The van der Waals surface area contributed by atoms with Crippen molar-refractivity contribution in [3.05, 3.63) is 93.4 Å². The van der Waals surface area contributed by atoms with Crippen molar-refractivity contribution in [1.82, 2.24) is 5.32 Å². The number of ether oxygens (including phenoxy) is 1. The second-order valence-electron chi connectivity index (χ2n) is 11.0. The lowest BCUT2D eigenvalue weighted by molar-refractivity contribution is 0.00578. The van der Waals surface area contributed by atoms with Crippen LogP contribution in [0.2, 0.25) is 5.02 Å². The Kier molecular flexibility index (Phi) is 7.53. The summed E-state index contributed by atoms with van der Waals surface area (Å²) in [6.07, 6.45) is 1.54. The Hall–Kier alpha value is -3.59. The van der Waals surface area contributed by atoms with Crippen LogP contribution in [0.25, 0.3) is 17.2 Å². The monoisotopic (exact) mass is 559 g/mol. The Bertz CT molecular complexity index is 1440. The minimum absolute atomic E-state index is 0.00980. The SMILES string of the molecule is CC1(C)OB(C(=Cc2cc(Cl)cc(C=O)c2O)CNC(=O)OCC2c3ccccc3-c3ccccc32)OC1(C)C. The maximum absolute atomic E-state index is 12.9. The molecule has 9 heteroatoms. The third kappa shape index (κ3) is 5.27. The largest absolute Gasteiger partial charge is 0.507 e. The molecule has 5 rings (SSSR count). The fourth-order valence-electron chi connectivity index (χ4n) is 5.06. The van der Waals surface area contributed by atoms with Crippen molar-refractivity contribution in [3.63, 3.8) is 0 Å². The lowest BCUT2D eigenvalue weighted by Crippen LogP contribution is -2.41. The number of phenolic OH excluding ortho intramolecular Hbond substituents is 1. The van der Waals surface area contributed by atoms with Crippen molar-refractivity contribution in [1.29, 1.82) is 0 Å². The lowest BCUT2D eigenvalue weighted by atomic mass is 9.76. The fraction of sp³-hybridized carbons (Fsp3) is 0.290. The van der Waals surface area contributed by atoms with E-state index < -0.39 is 24.4 Å². The third-order valence-corrected chi connectivity index (χ3v) is 8.16. The molecule has 2 N–H and O–H groups in total. The summed E-state index contributed by atoms with van der Waals surface area (Å²) >= 11 is 6.19. The van der Waals surface area contributed by atoms with Crippen LogP contribution in [0.5, 0.6) is 5.75 Å². The van der Waals surface area contributed by atoms with Crippen LogP contribution >= 0.6 is 11.6 Å². The van der Waals surface area contributed by atoms with Gasteiger partial charge in [-0.25, -0.2) is 4.79 Å². The van der Waals surface area contributed by atoms with Crippen molar-refractivity contribution in [2.75, 3.05) is 13.2 Å². The summed E-state index contributed by atoms with van der Waals surface area (Å²) in [5.74, 6) is -0.295. The smallest absolute Gasteiger partial charge is 0.492 e. The molecule has 0 bridgehead atoms. The average Bonchev–Trinajstić information content (AvgIpc) is 3.35. The van der Waals surface area contributed by atoms with E-state index >= 15 is 0 Å². The molecule has 206 valence electrons. The van der Waals surface area contributed by atoms with Gasteiger partial charge >= 0.3 is 13.2 Å². The zero-order valence-electron chi connectivity index (χ0n) is 22.9. The van der Waals surface area contributed by atoms with Gasteiger partial charge in [-0.05, 0) is 67.6 Å². The van der Waals surface area contributed by atoms with E-state index in [4.69, 9.17) is 25.6 Å². The van der Waals surface area contributed by atoms with Gasteiger partial charge in [-0.3, -0.25) is 4.79 Å². The summed E-state index contributed by atoms with van der Waals surface area (Å²) < 4.78 is 18.1. The van der Waals surface area contributed by atoms with Crippen molar-refractivity contribution in [2.45, 2.75) is 44.8 Å². The van der Waals surface area contributed by atoms with Gasteiger partial charge in [0.25, 0.3) is 0 Å². The molecule has 7 nitrogen and oxygen atoms in total. The molecular weight excluding hydrogens is 529 g/mol. The predicted octanol–water partition coefficient (Wildman–Crippen LogP) is 6.41. The number of hydrogen-bond acceptors (Lipinski definition) is 6. The van der Waals surface area contributed by atoms with Crippen molar-refractivity contribution < 1.29 is 28.7 Å².